The van der Waals surface area contributed by atoms with Crippen LogP contribution in [0.5, 0.6) is 0 Å². The predicted octanol–water partition coefficient (Wildman–Crippen LogP) is 2.43. The van der Waals surface area contributed by atoms with Crippen molar-refractivity contribution in [3.63, 3.8) is 0 Å². The van der Waals surface area contributed by atoms with Gasteiger partial charge >= 0.3 is 0 Å². The van der Waals surface area contributed by atoms with Gasteiger partial charge in [0.2, 0.25) is 0 Å². The van der Waals surface area contributed by atoms with Crippen LogP contribution in [-0.2, 0) is 4.79 Å². The maximum absolute atomic E-state index is 11.7. The third kappa shape index (κ3) is 1.06. The van der Waals surface area contributed by atoms with Crippen LogP contribution in [0.25, 0.3) is 11.3 Å². The van der Waals surface area contributed by atoms with Crippen LogP contribution in [0.15, 0.2) is 36.8 Å². The molecule has 2 aliphatic rings. The van der Waals surface area contributed by atoms with Gasteiger partial charge < -0.3 is 4.57 Å². The molecule has 2 atom stereocenters. The summed E-state index contributed by atoms with van der Waals surface area (Å²) in [6.45, 7) is 0. The summed E-state index contributed by atoms with van der Waals surface area (Å²) in [7, 11) is 0. The number of rotatable bonds is 1. The molecule has 0 saturated heterocycles. The fraction of sp³-hybridized carbons (Fsp3) is 0.286. The first-order chi connectivity index (χ1) is 8.36. The molecule has 0 spiro atoms. The molecule has 0 unspecified atom stereocenters. The highest BCUT2D eigenvalue weighted by atomic mass is 16.1. The first kappa shape index (κ1) is 9.16. The van der Waals surface area contributed by atoms with Crippen LogP contribution >= 0.6 is 0 Å². The van der Waals surface area contributed by atoms with Crippen molar-refractivity contribution in [2.45, 2.75) is 18.9 Å². The first-order valence-corrected chi connectivity index (χ1v) is 6.00. The number of aromatic nitrogens is 2. The lowest BCUT2D eigenvalue weighted by atomic mass is 9.76. The molecule has 1 aliphatic heterocycles. The molecule has 2 heterocycles. The number of carbonyl (C=O) groups excluding carboxylic acids is 1. The van der Waals surface area contributed by atoms with Gasteiger partial charge in [-0.05, 0) is 12.0 Å². The largest absolute Gasteiger partial charge is 0.322 e. The van der Waals surface area contributed by atoms with Crippen LogP contribution in [0, 0.1) is 5.92 Å². The lowest BCUT2D eigenvalue weighted by molar-refractivity contribution is -0.130. The average molecular weight is 224 g/mol. The number of carbonyl (C=O) groups is 1. The summed E-state index contributed by atoms with van der Waals surface area (Å²) in [5, 5.41) is 0. The molecular formula is C14H12N2O. The molecule has 1 aliphatic carbocycles. The van der Waals surface area contributed by atoms with E-state index in [0.29, 0.717) is 5.78 Å². The zero-order valence-corrected chi connectivity index (χ0v) is 9.34. The van der Waals surface area contributed by atoms with Crippen molar-refractivity contribution in [3.8, 4) is 11.3 Å². The Kier molecular flexibility index (Phi) is 1.65. The Labute approximate surface area is 99.1 Å². The molecule has 84 valence electrons. The van der Waals surface area contributed by atoms with E-state index >= 15 is 0 Å². The van der Waals surface area contributed by atoms with Gasteiger partial charge in [0.1, 0.15) is 5.78 Å². The van der Waals surface area contributed by atoms with E-state index in [1.165, 1.54) is 11.1 Å². The predicted molar refractivity (Wildman–Crippen MR) is 63.5 cm³/mol. The number of hydrogen-bond donors (Lipinski definition) is 0. The third-order valence-corrected chi connectivity index (χ3v) is 4.02. The zero-order chi connectivity index (χ0) is 11.4. The number of ketones is 1. The van der Waals surface area contributed by atoms with E-state index in [1.807, 2.05) is 18.6 Å². The minimum Gasteiger partial charge on any atom is -0.322 e. The second-order valence-electron chi connectivity index (χ2n) is 4.83. The molecule has 4 rings (SSSR count). The van der Waals surface area contributed by atoms with Crippen molar-refractivity contribution < 1.29 is 4.79 Å². The van der Waals surface area contributed by atoms with Crippen LogP contribution in [0.2, 0.25) is 0 Å². The van der Waals surface area contributed by atoms with E-state index in [-0.39, 0.29) is 12.0 Å². The minimum atomic E-state index is 0.159. The standard InChI is InChI=1S/C14H12N2O/c17-13-6-5-11(13)14-10-4-2-1-3-9(10)12-7-15-8-16(12)14/h1-4,7-8,11,14H,5-6H2/t11-,14-/m1/s1. The van der Waals surface area contributed by atoms with Crippen molar-refractivity contribution >= 4 is 5.78 Å². The van der Waals surface area contributed by atoms with Gasteiger partial charge in [0.15, 0.2) is 0 Å². The Morgan fingerprint density at radius 1 is 1.29 bits per heavy atom. The summed E-state index contributed by atoms with van der Waals surface area (Å²) in [6.07, 6.45) is 5.50. The minimum absolute atomic E-state index is 0.159. The average Bonchev–Trinajstić information content (AvgIpc) is 2.91. The van der Waals surface area contributed by atoms with Gasteiger partial charge in [-0.1, -0.05) is 24.3 Å². The molecule has 0 bridgehead atoms. The number of fused-ring (bicyclic) bond motifs is 3. The third-order valence-electron chi connectivity index (χ3n) is 4.02. The van der Waals surface area contributed by atoms with Crippen molar-refractivity contribution in [3.05, 3.63) is 42.4 Å². The fourth-order valence-corrected chi connectivity index (χ4v) is 3.05. The fourth-order valence-electron chi connectivity index (χ4n) is 3.05. The Morgan fingerprint density at radius 3 is 2.94 bits per heavy atom. The second kappa shape index (κ2) is 3.06. The number of Topliss-reactive ketones (excluding diaryl/α,β-unsaturated/α-hetero) is 1. The summed E-state index contributed by atoms with van der Waals surface area (Å²) in [5.74, 6) is 0.554. The van der Waals surface area contributed by atoms with E-state index in [1.54, 1.807) is 0 Å². The molecule has 0 amide bonds. The van der Waals surface area contributed by atoms with Gasteiger partial charge in [0, 0.05) is 17.9 Å². The van der Waals surface area contributed by atoms with E-state index in [2.05, 4.69) is 27.8 Å². The highest BCUT2D eigenvalue weighted by Crippen LogP contribution is 2.47. The lowest BCUT2D eigenvalue weighted by Crippen LogP contribution is -2.33. The Bertz CT molecular complexity index is 614. The van der Waals surface area contributed by atoms with Crippen LogP contribution in [0.1, 0.15) is 24.4 Å². The van der Waals surface area contributed by atoms with Gasteiger partial charge in [0.25, 0.3) is 0 Å². The lowest BCUT2D eigenvalue weighted by Gasteiger charge is -2.31. The van der Waals surface area contributed by atoms with Gasteiger partial charge in [-0.2, -0.15) is 0 Å². The normalized spacial score (nSPS) is 25.3. The summed E-state index contributed by atoms with van der Waals surface area (Å²) >= 11 is 0. The van der Waals surface area contributed by atoms with Crippen molar-refractivity contribution in [2.24, 2.45) is 5.92 Å². The molecule has 1 aromatic heterocycles. The molecule has 1 aromatic carbocycles. The summed E-state index contributed by atoms with van der Waals surface area (Å²) < 4.78 is 2.16. The topological polar surface area (TPSA) is 34.9 Å². The number of hydrogen-bond acceptors (Lipinski definition) is 2. The zero-order valence-electron chi connectivity index (χ0n) is 9.34. The summed E-state index contributed by atoms with van der Waals surface area (Å²) in [4.78, 5) is 15.9. The van der Waals surface area contributed by atoms with Gasteiger partial charge in [-0.25, -0.2) is 4.98 Å². The highest BCUT2D eigenvalue weighted by molar-refractivity contribution is 5.88. The number of benzene rings is 1. The van der Waals surface area contributed by atoms with E-state index in [4.69, 9.17) is 0 Å². The Balaban J connectivity index is 1.93. The molecule has 2 aromatic rings. The van der Waals surface area contributed by atoms with Gasteiger partial charge in [0.05, 0.1) is 24.3 Å². The van der Waals surface area contributed by atoms with Gasteiger partial charge in [-0.3, -0.25) is 4.79 Å². The summed E-state index contributed by atoms with van der Waals surface area (Å²) in [6, 6.07) is 8.53. The first-order valence-electron chi connectivity index (χ1n) is 6.00. The van der Waals surface area contributed by atoms with Gasteiger partial charge in [-0.15, -0.1) is 0 Å². The SMILES string of the molecule is O=C1CC[C@H]1[C@H]1c2ccccc2-c2cncn21. The maximum Gasteiger partial charge on any atom is 0.138 e. The summed E-state index contributed by atoms with van der Waals surface area (Å²) in [5.41, 5.74) is 3.66. The molecular weight excluding hydrogens is 212 g/mol. The van der Waals surface area contributed by atoms with Crippen LogP contribution in [0.3, 0.4) is 0 Å². The molecule has 17 heavy (non-hydrogen) atoms. The van der Waals surface area contributed by atoms with E-state index < -0.39 is 0 Å². The van der Waals surface area contributed by atoms with Crippen molar-refractivity contribution in [1.29, 1.82) is 0 Å². The molecule has 1 saturated carbocycles. The van der Waals surface area contributed by atoms with E-state index in [9.17, 15) is 4.79 Å². The van der Waals surface area contributed by atoms with E-state index in [0.717, 1.165) is 18.5 Å². The van der Waals surface area contributed by atoms with Crippen molar-refractivity contribution in [1.82, 2.24) is 9.55 Å². The quantitative estimate of drug-likeness (QED) is 0.745. The van der Waals surface area contributed by atoms with Crippen LogP contribution in [0.4, 0.5) is 0 Å². The van der Waals surface area contributed by atoms with Crippen LogP contribution < -0.4 is 0 Å². The Morgan fingerprint density at radius 2 is 2.18 bits per heavy atom. The maximum atomic E-state index is 11.7. The highest BCUT2D eigenvalue weighted by Gasteiger charge is 2.41. The molecule has 0 N–H and O–H groups in total. The molecule has 1 fully saturated rings. The number of imidazole rings is 1. The monoisotopic (exact) mass is 224 g/mol. The molecule has 3 nitrogen and oxygen atoms in total. The second-order valence-corrected chi connectivity index (χ2v) is 4.83. The van der Waals surface area contributed by atoms with Crippen LogP contribution in [-0.4, -0.2) is 15.3 Å². The molecule has 3 heteroatoms. The smallest absolute Gasteiger partial charge is 0.138 e. The van der Waals surface area contributed by atoms with Crippen molar-refractivity contribution in [2.75, 3.05) is 0 Å². The number of nitrogens with zero attached hydrogens (tertiary/aromatic N) is 2. The molecule has 0 radical (unpaired) electrons. The Hall–Kier alpha value is -1.90.